The molecule has 1 N–H and O–H groups in total. The summed E-state index contributed by atoms with van der Waals surface area (Å²) in [6.07, 6.45) is 3.47. The van der Waals surface area contributed by atoms with Crippen molar-refractivity contribution >= 4 is 21.6 Å². The van der Waals surface area contributed by atoms with Crippen molar-refractivity contribution in [3.05, 3.63) is 53.9 Å². The number of H-pyrrole nitrogens is 1. The largest absolute Gasteiger partial charge is 0.376 e. The molecule has 4 rings (SSSR count). The van der Waals surface area contributed by atoms with Gasteiger partial charge in [-0.25, -0.2) is 9.48 Å². The fourth-order valence-electron chi connectivity index (χ4n) is 3.64. The third-order valence-corrected chi connectivity index (χ3v) is 6.44. The van der Waals surface area contributed by atoms with E-state index in [1.54, 1.807) is 17.7 Å². The number of aromatic amines is 1. The zero-order valence-electron chi connectivity index (χ0n) is 15.4. The summed E-state index contributed by atoms with van der Waals surface area (Å²) < 4.78 is 10.1. The Morgan fingerprint density at radius 1 is 1.30 bits per heavy atom. The summed E-state index contributed by atoms with van der Waals surface area (Å²) >= 11 is 1.40. The Morgan fingerprint density at radius 2 is 2.11 bits per heavy atom. The van der Waals surface area contributed by atoms with Gasteiger partial charge in [0.1, 0.15) is 4.83 Å². The van der Waals surface area contributed by atoms with Crippen LogP contribution < -0.4 is 16.8 Å². The summed E-state index contributed by atoms with van der Waals surface area (Å²) in [7, 11) is 0. The topological polar surface area (TPSA) is 91.0 Å². The molecule has 0 saturated carbocycles. The van der Waals surface area contributed by atoms with E-state index in [9.17, 15) is 14.4 Å². The molecule has 27 heavy (non-hydrogen) atoms. The van der Waals surface area contributed by atoms with E-state index in [0.717, 1.165) is 23.3 Å². The van der Waals surface area contributed by atoms with E-state index in [2.05, 4.69) is 5.10 Å². The highest BCUT2D eigenvalue weighted by molar-refractivity contribution is 7.18. The number of fused-ring (bicyclic) bond motifs is 1. The van der Waals surface area contributed by atoms with Crippen LogP contribution >= 0.6 is 11.3 Å². The van der Waals surface area contributed by atoms with Gasteiger partial charge < -0.3 is 9.84 Å². The summed E-state index contributed by atoms with van der Waals surface area (Å²) in [5.74, 6) is 0. The summed E-state index contributed by atoms with van der Waals surface area (Å²) in [6, 6.07) is 1.46. The van der Waals surface area contributed by atoms with Crippen LogP contribution in [0.15, 0.2) is 26.6 Å². The van der Waals surface area contributed by atoms with Crippen molar-refractivity contribution in [3.8, 4) is 0 Å². The lowest BCUT2D eigenvalue weighted by Crippen LogP contribution is -2.40. The predicted molar refractivity (Wildman–Crippen MR) is 104 cm³/mol. The van der Waals surface area contributed by atoms with E-state index in [1.165, 1.54) is 26.7 Å². The van der Waals surface area contributed by atoms with Gasteiger partial charge in [-0.2, -0.15) is 0 Å². The third-order valence-electron chi connectivity index (χ3n) is 5.14. The first-order valence-corrected chi connectivity index (χ1v) is 9.94. The highest BCUT2D eigenvalue weighted by atomic mass is 32.1. The number of aromatic nitrogens is 4. The molecule has 1 aliphatic rings. The van der Waals surface area contributed by atoms with Crippen LogP contribution in [-0.4, -0.2) is 31.6 Å². The molecular formula is C18H22N4O4S. The van der Waals surface area contributed by atoms with E-state index in [4.69, 9.17) is 4.74 Å². The SMILES string of the molecule is CCn1c(=O)c2c(C)c(Cn3[nH]ccc3=O)sc2n(CC2CCCO2)c1=O. The number of hydrogen-bond donors (Lipinski definition) is 1. The maximum atomic E-state index is 12.9. The summed E-state index contributed by atoms with van der Waals surface area (Å²) in [4.78, 5) is 39.3. The Labute approximate surface area is 158 Å². The molecule has 0 aliphatic carbocycles. The van der Waals surface area contributed by atoms with Gasteiger partial charge in [-0.3, -0.25) is 18.7 Å². The lowest BCUT2D eigenvalue weighted by atomic mass is 10.2. The molecule has 4 heterocycles. The van der Waals surface area contributed by atoms with Gasteiger partial charge >= 0.3 is 5.69 Å². The Kier molecular flexibility index (Phi) is 4.65. The van der Waals surface area contributed by atoms with Crippen molar-refractivity contribution in [3.63, 3.8) is 0 Å². The van der Waals surface area contributed by atoms with Gasteiger partial charge in [0, 0.05) is 30.3 Å². The second kappa shape index (κ2) is 6.97. The summed E-state index contributed by atoms with van der Waals surface area (Å²) in [5, 5.41) is 3.45. The average Bonchev–Trinajstić information content (AvgIpc) is 3.36. The van der Waals surface area contributed by atoms with Crippen molar-refractivity contribution in [1.29, 1.82) is 0 Å². The first-order valence-electron chi connectivity index (χ1n) is 9.12. The number of rotatable bonds is 5. The minimum atomic E-state index is -0.296. The van der Waals surface area contributed by atoms with Gasteiger partial charge in [-0.1, -0.05) is 0 Å². The minimum absolute atomic E-state index is 0.00871. The lowest BCUT2D eigenvalue weighted by molar-refractivity contribution is 0.0966. The maximum Gasteiger partial charge on any atom is 0.332 e. The highest BCUT2D eigenvalue weighted by Crippen LogP contribution is 2.29. The van der Waals surface area contributed by atoms with Gasteiger partial charge in [0.15, 0.2) is 0 Å². The molecule has 3 aromatic rings. The molecule has 1 aliphatic heterocycles. The first kappa shape index (κ1) is 18.0. The standard InChI is InChI=1S/C18H22N4O4S/c1-3-20-16(24)15-11(2)13(10-22-14(23)6-7-19-22)27-17(15)21(18(20)25)9-12-5-4-8-26-12/h6-7,12,19H,3-5,8-10H2,1-2H3. The second-order valence-corrected chi connectivity index (χ2v) is 7.88. The molecule has 8 nitrogen and oxygen atoms in total. The monoisotopic (exact) mass is 390 g/mol. The molecule has 144 valence electrons. The first-order chi connectivity index (χ1) is 13.0. The van der Waals surface area contributed by atoms with Crippen LogP contribution in [0, 0.1) is 6.92 Å². The third kappa shape index (κ3) is 3.00. The molecule has 1 unspecified atom stereocenters. The zero-order valence-corrected chi connectivity index (χ0v) is 16.2. The van der Waals surface area contributed by atoms with E-state index < -0.39 is 0 Å². The molecule has 0 aromatic carbocycles. The van der Waals surface area contributed by atoms with Gasteiger partial charge in [0.2, 0.25) is 0 Å². The molecule has 1 atom stereocenters. The number of nitrogens with zero attached hydrogens (tertiary/aromatic N) is 3. The van der Waals surface area contributed by atoms with Crippen LogP contribution in [-0.2, 0) is 24.4 Å². The fourth-order valence-corrected chi connectivity index (χ4v) is 4.93. The maximum absolute atomic E-state index is 12.9. The smallest absolute Gasteiger partial charge is 0.332 e. The van der Waals surface area contributed by atoms with Crippen LogP contribution in [0.1, 0.15) is 30.2 Å². The van der Waals surface area contributed by atoms with Crippen molar-refractivity contribution in [1.82, 2.24) is 18.9 Å². The molecule has 3 aromatic heterocycles. The normalized spacial score (nSPS) is 17.2. The number of ether oxygens (including phenoxy) is 1. The quantitative estimate of drug-likeness (QED) is 0.710. The van der Waals surface area contributed by atoms with E-state index in [1.807, 2.05) is 6.92 Å². The van der Waals surface area contributed by atoms with E-state index >= 15 is 0 Å². The van der Waals surface area contributed by atoms with Crippen molar-refractivity contribution in [2.45, 2.75) is 52.4 Å². The molecule has 1 saturated heterocycles. The fraction of sp³-hybridized carbons (Fsp3) is 0.500. The van der Waals surface area contributed by atoms with Crippen molar-refractivity contribution in [2.75, 3.05) is 6.61 Å². The van der Waals surface area contributed by atoms with Gasteiger partial charge in [0.05, 0.1) is 24.6 Å². The Bertz CT molecular complexity index is 1160. The van der Waals surface area contributed by atoms with Crippen molar-refractivity contribution in [2.24, 2.45) is 0 Å². The van der Waals surface area contributed by atoms with Crippen LogP contribution in [0.2, 0.25) is 0 Å². The second-order valence-electron chi connectivity index (χ2n) is 6.79. The van der Waals surface area contributed by atoms with Crippen LogP contribution in [0.5, 0.6) is 0 Å². The Hall–Kier alpha value is -2.39. The van der Waals surface area contributed by atoms with Gasteiger partial charge in [-0.15, -0.1) is 11.3 Å². The number of aryl methyl sites for hydroxylation is 1. The van der Waals surface area contributed by atoms with Crippen LogP contribution in [0.3, 0.4) is 0 Å². The lowest BCUT2D eigenvalue weighted by Gasteiger charge is -2.14. The highest BCUT2D eigenvalue weighted by Gasteiger charge is 2.23. The molecule has 0 spiro atoms. The van der Waals surface area contributed by atoms with Crippen LogP contribution in [0.4, 0.5) is 0 Å². The average molecular weight is 390 g/mol. The molecule has 0 radical (unpaired) electrons. The summed E-state index contributed by atoms with van der Waals surface area (Å²) in [6.45, 7) is 5.49. The van der Waals surface area contributed by atoms with E-state index in [0.29, 0.717) is 36.5 Å². The Balaban J connectivity index is 1.91. The Morgan fingerprint density at radius 3 is 2.74 bits per heavy atom. The van der Waals surface area contributed by atoms with Crippen LogP contribution in [0.25, 0.3) is 10.2 Å². The van der Waals surface area contributed by atoms with Gasteiger partial charge in [-0.05, 0) is 32.3 Å². The molecule has 0 amide bonds. The molecule has 9 heteroatoms. The van der Waals surface area contributed by atoms with Gasteiger partial charge in [0.25, 0.3) is 11.1 Å². The predicted octanol–water partition coefficient (Wildman–Crippen LogP) is 1.27. The zero-order chi connectivity index (χ0) is 19.1. The summed E-state index contributed by atoms with van der Waals surface area (Å²) in [5.41, 5.74) is 0.134. The number of thiophene rings is 1. The molecule has 0 bridgehead atoms. The molecular weight excluding hydrogens is 368 g/mol. The number of hydrogen-bond acceptors (Lipinski definition) is 5. The number of nitrogens with one attached hydrogen (secondary N) is 1. The van der Waals surface area contributed by atoms with E-state index in [-0.39, 0.29) is 22.9 Å². The minimum Gasteiger partial charge on any atom is -0.376 e. The molecule has 1 fully saturated rings. The van der Waals surface area contributed by atoms with Crippen molar-refractivity contribution < 1.29 is 4.74 Å².